The minimum atomic E-state index is 0.794. The van der Waals surface area contributed by atoms with Crippen LogP contribution in [-0.4, -0.2) is 0 Å². The average Bonchev–Trinajstić information content (AvgIpc) is 2.63. The second kappa shape index (κ2) is 9.41. The highest BCUT2D eigenvalue weighted by Crippen LogP contribution is 2.45. The zero-order chi connectivity index (χ0) is 16.8. The molecule has 0 saturated heterocycles. The van der Waals surface area contributed by atoms with Crippen molar-refractivity contribution >= 4 is 15.9 Å². The summed E-state index contributed by atoms with van der Waals surface area (Å²) in [5.74, 6) is 3.93. The quantitative estimate of drug-likeness (QED) is 0.430. The van der Waals surface area contributed by atoms with Gasteiger partial charge in [-0.05, 0) is 73.8 Å². The standard InChI is InChI=1S/C23H35Br/c1-2-3-4-7-18-10-12-19(13-11-18)20-14-16-21(17-15-20)22-8-5-6-9-23(22)24/h5-6,8-9,18-21H,2-4,7,10-17H2,1H3. The van der Waals surface area contributed by atoms with E-state index in [1.54, 1.807) is 5.56 Å². The summed E-state index contributed by atoms with van der Waals surface area (Å²) in [5, 5.41) is 0. The van der Waals surface area contributed by atoms with Gasteiger partial charge in [-0.1, -0.05) is 79.6 Å². The van der Waals surface area contributed by atoms with Crippen LogP contribution >= 0.6 is 15.9 Å². The highest BCUT2D eigenvalue weighted by Gasteiger charge is 2.31. The summed E-state index contributed by atoms with van der Waals surface area (Å²) >= 11 is 3.76. The maximum absolute atomic E-state index is 3.76. The van der Waals surface area contributed by atoms with E-state index in [0.717, 1.165) is 23.7 Å². The summed E-state index contributed by atoms with van der Waals surface area (Å²) in [4.78, 5) is 0. The maximum atomic E-state index is 3.76. The third-order valence-corrected chi connectivity index (χ3v) is 7.61. The SMILES string of the molecule is CCCCCC1CCC(C2CCC(c3ccccc3Br)CC2)CC1. The Kier molecular flexibility index (Phi) is 7.25. The summed E-state index contributed by atoms with van der Waals surface area (Å²) in [6, 6.07) is 8.88. The Labute approximate surface area is 157 Å². The Balaban J connectivity index is 1.42. The van der Waals surface area contributed by atoms with Gasteiger partial charge in [-0.15, -0.1) is 0 Å². The van der Waals surface area contributed by atoms with Gasteiger partial charge in [0.2, 0.25) is 0 Å². The van der Waals surface area contributed by atoms with Crippen LogP contribution in [0.15, 0.2) is 28.7 Å². The van der Waals surface area contributed by atoms with Gasteiger partial charge in [-0.3, -0.25) is 0 Å². The van der Waals surface area contributed by atoms with Crippen LogP contribution in [0.25, 0.3) is 0 Å². The van der Waals surface area contributed by atoms with E-state index < -0.39 is 0 Å². The second-order valence-corrected chi connectivity index (χ2v) is 9.26. The number of hydrogen-bond donors (Lipinski definition) is 0. The minimum Gasteiger partial charge on any atom is -0.0654 e. The van der Waals surface area contributed by atoms with Crippen molar-refractivity contribution in [2.45, 2.75) is 89.9 Å². The number of rotatable bonds is 6. The van der Waals surface area contributed by atoms with E-state index in [-0.39, 0.29) is 0 Å². The van der Waals surface area contributed by atoms with Gasteiger partial charge in [0.05, 0.1) is 0 Å². The van der Waals surface area contributed by atoms with E-state index in [9.17, 15) is 0 Å². The van der Waals surface area contributed by atoms with Crippen LogP contribution in [0, 0.1) is 17.8 Å². The lowest BCUT2D eigenvalue weighted by molar-refractivity contribution is 0.155. The molecule has 0 aliphatic heterocycles. The van der Waals surface area contributed by atoms with Crippen LogP contribution in [-0.2, 0) is 0 Å². The zero-order valence-corrected chi connectivity index (χ0v) is 17.1. The van der Waals surface area contributed by atoms with E-state index in [1.165, 1.54) is 81.5 Å². The molecule has 0 heterocycles. The number of hydrogen-bond acceptors (Lipinski definition) is 0. The monoisotopic (exact) mass is 390 g/mol. The Morgan fingerprint density at radius 1 is 0.833 bits per heavy atom. The fourth-order valence-electron chi connectivity index (χ4n) is 5.34. The molecular weight excluding hydrogens is 356 g/mol. The van der Waals surface area contributed by atoms with Gasteiger partial charge < -0.3 is 0 Å². The van der Waals surface area contributed by atoms with Crippen LogP contribution in [0.5, 0.6) is 0 Å². The van der Waals surface area contributed by atoms with Gasteiger partial charge in [0, 0.05) is 4.47 Å². The van der Waals surface area contributed by atoms with Crippen LogP contribution in [0.3, 0.4) is 0 Å². The summed E-state index contributed by atoms with van der Waals surface area (Å²) in [5.41, 5.74) is 1.55. The van der Waals surface area contributed by atoms with E-state index in [1.807, 2.05) is 0 Å². The fourth-order valence-corrected chi connectivity index (χ4v) is 5.95. The molecule has 134 valence electrons. The smallest absolute Gasteiger partial charge is 0.0210 e. The highest BCUT2D eigenvalue weighted by atomic mass is 79.9. The molecule has 0 aromatic heterocycles. The molecule has 0 radical (unpaired) electrons. The molecule has 0 spiro atoms. The zero-order valence-electron chi connectivity index (χ0n) is 15.5. The van der Waals surface area contributed by atoms with Crippen LogP contribution in [0.2, 0.25) is 0 Å². The number of benzene rings is 1. The van der Waals surface area contributed by atoms with E-state index >= 15 is 0 Å². The van der Waals surface area contributed by atoms with Gasteiger partial charge in [0.1, 0.15) is 0 Å². The first kappa shape index (κ1) is 18.5. The van der Waals surface area contributed by atoms with Crippen molar-refractivity contribution in [2.75, 3.05) is 0 Å². The second-order valence-electron chi connectivity index (χ2n) is 8.41. The number of halogens is 1. The van der Waals surface area contributed by atoms with Crippen molar-refractivity contribution < 1.29 is 0 Å². The summed E-state index contributed by atoms with van der Waals surface area (Å²) in [6.45, 7) is 2.32. The predicted molar refractivity (Wildman–Crippen MR) is 108 cm³/mol. The first-order chi connectivity index (χ1) is 11.8. The predicted octanol–water partition coefficient (Wildman–Crippen LogP) is 8.11. The molecule has 2 aliphatic carbocycles. The molecule has 2 aliphatic rings. The third-order valence-electron chi connectivity index (χ3n) is 6.89. The van der Waals surface area contributed by atoms with E-state index in [0.29, 0.717) is 0 Å². The molecule has 1 aromatic rings. The molecule has 2 saturated carbocycles. The molecule has 3 rings (SSSR count). The third kappa shape index (κ3) is 4.87. The van der Waals surface area contributed by atoms with Crippen molar-refractivity contribution in [3.63, 3.8) is 0 Å². The summed E-state index contributed by atoms with van der Waals surface area (Å²) in [7, 11) is 0. The van der Waals surface area contributed by atoms with Crippen LogP contribution in [0.4, 0.5) is 0 Å². The molecule has 24 heavy (non-hydrogen) atoms. The molecule has 1 aromatic carbocycles. The maximum Gasteiger partial charge on any atom is 0.0210 e. The lowest BCUT2D eigenvalue weighted by atomic mass is 9.68. The molecular formula is C23H35Br. The summed E-state index contributed by atoms with van der Waals surface area (Å²) < 4.78 is 1.32. The van der Waals surface area contributed by atoms with Crippen LogP contribution < -0.4 is 0 Å². The van der Waals surface area contributed by atoms with Crippen molar-refractivity contribution in [1.82, 2.24) is 0 Å². The van der Waals surface area contributed by atoms with Crippen molar-refractivity contribution in [3.8, 4) is 0 Å². The number of unbranched alkanes of at least 4 members (excludes halogenated alkanes) is 2. The first-order valence-corrected chi connectivity index (χ1v) is 11.3. The van der Waals surface area contributed by atoms with Crippen LogP contribution in [0.1, 0.15) is 95.5 Å². The van der Waals surface area contributed by atoms with Gasteiger partial charge in [0.25, 0.3) is 0 Å². The lowest BCUT2D eigenvalue weighted by Crippen LogP contribution is -2.25. The molecule has 0 N–H and O–H groups in total. The van der Waals surface area contributed by atoms with Crippen molar-refractivity contribution in [1.29, 1.82) is 0 Å². The van der Waals surface area contributed by atoms with E-state index in [2.05, 4.69) is 47.1 Å². The largest absolute Gasteiger partial charge is 0.0654 e. The minimum absolute atomic E-state index is 0.794. The molecule has 0 nitrogen and oxygen atoms in total. The Hall–Kier alpha value is -0.300. The molecule has 2 fully saturated rings. The molecule has 1 heteroatoms. The van der Waals surface area contributed by atoms with Gasteiger partial charge >= 0.3 is 0 Å². The molecule has 0 atom stereocenters. The first-order valence-electron chi connectivity index (χ1n) is 10.5. The normalized spacial score (nSPS) is 31.1. The Morgan fingerprint density at radius 2 is 1.46 bits per heavy atom. The molecule has 0 bridgehead atoms. The van der Waals surface area contributed by atoms with Gasteiger partial charge in [-0.25, -0.2) is 0 Å². The average molecular weight is 391 g/mol. The molecule has 0 amide bonds. The molecule has 0 unspecified atom stereocenters. The Bertz CT molecular complexity index is 479. The van der Waals surface area contributed by atoms with Crippen molar-refractivity contribution in [3.05, 3.63) is 34.3 Å². The van der Waals surface area contributed by atoms with E-state index in [4.69, 9.17) is 0 Å². The van der Waals surface area contributed by atoms with Crippen molar-refractivity contribution in [2.24, 2.45) is 17.8 Å². The van der Waals surface area contributed by atoms with Gasteiger partial charge in [-0.2, -0.15) is 0 Å². The fraction of sp³-hybridized carbons (Fsp3) is 0.739. The summed E-state index contributed by atoms with van der Waals surface area (Å²) in [6.07, 6.45) is 17.7. The Morgan fingerprint density at radius 3 is 2.08 bits per heavy atom. The van der Waals surface area contributed by atoms with Gasteiger partial charge in [0.15, 0.2) is 0 Å². The topological polar surface area (TPSA) is 0 Å². The highest BCUT2D eigenvalue weighted by molar-refractivity contribution is 9.10. The lowest BCUT2D eigenvalue weighted by Gasteiger charge is -2.38.